The first-order chi connectivity index (χ1) is 6.57. The van der Waals surface area contributed by atoms with Crippen LogP contribution in [0.3, 0.4) is 0 Å². The summed E-state index contributed by atoms with van der Waals surface area (Å²) in [5, 5.41) is 0. The van der Waals surface area contributed by atoms with Gasteiger partial charge in [0.05, 0.1) is 18.1 Å². The van der Waals surface area contributed by atoms with Crippen LogP contribution in [-0.2, 0) is 5.41 Å². The maximum Gasteiger partial charge on any atom is 0.181 e. The number of aromatic nitrogens is 4. The first-order valence-electron chi connectivity index (χ1n) is 4.50. The van der Waals surface area contributed by atoms with Crippen molar-refractivity contribution in [1.82, 2.24) is 19.9 Å². The lowest BCUT2D eigenvalue weighted by molar-refractivity contribution is 0.568. The third kappa shape index (κ3) is 1.55. The molecule has 2 aromatic heterocycles. The van der Waals surface area contributed by atoms with Crippen molar-refractivity contribution >= 4 is 11.2 Å². The number of hydrogen-bond donors (Lipinski definition) is 0. The monoisotopic (exact) mass is 188 g/mol. The van der Waals surface area contributed by atoms with E-state index >= 15 is 0 Å². The van der Waals surface area contributed by atoms with Crippen molar-refractivity contribution in [2.75, 3.05) is 0 Å². The largest absolute Gasteiger partial charge is 0.246 e. The molecule has 0 aliphatic heterocycles. The van der Waals surface area contributed by atoms with Crippen LogP contribution in [0.15, 0.2) is 18.7 Å². The van der Waals surface area contributed by atoms with Crippen LogP contribution >= 0.6 is 0 Å². The SMILES string of the molecule is CC(C)(C)c1cnc2ncncc2n1. The molecule has 0 N–H and O–H groups in total. The molecule has 0 aromatic carbocycles. The molecule has 2 heterocycles. The van der Waals surface area contributed by atoms with Crippen molar-refractivity contribution in [3.8, 4) is 0 Å². The summed E-state index contributed by atoms with van der Waals surface area (Å²) in [6, 6.07) is 0. The van der Waals surface area contributed by atoms with E-state index in [9.17, 15) is 0 Å². The van der Waals surface area contributed by atoms with Gasteiger partial charge in [0.1, 0.15) is 11.8 Å². The molecule has 4 heteroatoms. The highest BCUT2D eigenvalue weighted by molar-refractivity contribution is 5.67. The predicted molar refractivity (Wildman–Crippen MR) is 53.8 cm³/mol. The molecule has 4 nitrogen and oxygen atoms in total. The number of rotatable bonds is 0. The van der Waals surface area contributed by atoms with Gasteiger partial charge in [-0.15, -0.1) is 0 Å². The van der Waals surface area contributed by atoms with E-state index in [2.05, 4.69) is 40.7 Å². The van der Waals surface area contributed by atoms with E-state index in [-0.39, 0.29) is 5.41 Å². The molecule has 72 valence electrons. The lowest BCUT2D eigenvalue weighted by Crippen LogP contribution is -2.14. The number of fused-ring (bicyclic) bond motifs is 1. The van der Waals surface area contributed by atoms with Gasteiger partial charge in [-0.25, -0.2) is 19.9 Å². The summed E-state index contributed by atoms with van der Waals surface area (Å²) in [5.74, 6) is 0. The van der Waals surface area contributed by atoms with Crippen molar-refractivity contribution in [2.24, 2.45) is 0 Å². The zero-order valence-electron chi connectivity index (χ0n) is 8.52. The number of hydrogen-bond acceptors (Lipinski definition) is 4. The van der Waals surface area contributed by atoms with E-state index in [0.29, 0.717) is 5.65 Å². The molecule has 0 saturated heterocycles. The Balaban J connectivity index is 2.63. The summed E-state index contributed by atoms with van der Waals surface area (Å²) in [5.41, 5.74) is 2.37. The van der Waals surface area contributed by atoms with Gasteiger partial charge in [-0.2, -0.15) is 0 Å². The summed E-state index contributed by atoms with van der Waals surface area (Å²) < 4.78 is 0. The minimum absolute atomic E-state index is 0.0109. The fraction of sp³-hybridized carbons (Fsp3) is 0.400. The highest BCUT2D eigenvalue weighted by atomic mass is 14.9. The van der Waals surface area contributed by atoms with E-state index in [0.717, 1.165) is 11.2 Å². The van der Waals surface area contributed by atoms with Crippen molar-refractivity contribution in [2.45, 2.75) is 26.2 Å². The third-order valence-corrected chi connectivity index (χ3v) is 1.99. The molecule has 0 unspecified atom stereocenters. The van der Waals surface area contributed by atoms with Crippen LogP contribution in [0.1, 0.15) is 26.5 Å². The zero-order chi connectivity index (χ0) is 10.2. The fourth-order valence-corrected chi connectivity index (χ4v) is 1.14. The molecular formula is C10H12N4. The summed E-state index contributed by atoms with van der Waals surface area (Å²) in [4.78, 5) is 16.6. The van der Waals surface area contributed by atoms with Crippen molar-refractivity contribution in [1.29, 1.82) is 0 Å². The van der Waals surface area contributed by atoms with Crippen LogP contribution in [0.25, 0.3) is 11.2 Å². The summed E-state index contributed by atoms with van der Waals surface area (Å²) >= 11 is 0. The third-order valence-electron chi connectivity index (χ3n) is 1.99. The molecule has 0 aliphatic rings. The summed E-state index contributed by atoms with van der Waals surface area (Å²) in [6.45, 7) is 6.31. The molecule has 0 saturated carbocycles. The Kier molecular flexibility index (Phi) is 1.91. The first kappa shape index (κ1) is 8.99. The van der Waals surface area contributed by atoms with Crippen molar-refractivity contribution in [3.63, 3.8) is 0 Å². The van der Waals surface area contributed by atoms with Gasteiger partial charge in [0.2, 0.25) is 0 Å². The molecule has 0 aliphatic carbocycles. The van der Waals surface area contributed by atoms with Crippen LogP contribution in [-0.4, -0.2) is 19.9 Å². The highest BCUT2D eigenvalue weighted by Gasteiger charge is 2.16. The van der Waals surface area contributed by atoms with Crippen molar-refractivity contribution in [3.05, 3.63) is 24.4 Å². The van der Waals surface area contributed by atoms with Gasteiger partial charge < -0.3 is 0 Å². The first-order valence-corrected chi connectivity index (χ1v) is 4.50. The molecule has 0 amide bonds. The second-order valence-electron chi connectivity index (χ2n) is 4.24. The normalized spacial score (nSPS) is 11.9. The number of nitrogens with zero attached hydrogens (tertiary/aromatic N) is 4. The van der Waals surface area contributed by atoms with Crippen LogP contribution < -0.4 is 0 Å². The van der Waals surface area contributed by atoms with E-state index in [4.69, 9.17) is 0 Å². The van der Waals surface area contributed by atoms with E-state index in [1.807, 2.05) is 0 Å². The molecular weight excluding hydrogens is 176 g/mol. The smallest absolute Gasteiger partial charge is 0.181 e. The van der Waals surface area contributed by atoms with Crippen LogP contribution in [0.4, 0.5) is 0 Å². The Bertz CT molecular complexity index is 459. The van der Waals surface area contributed by atoms with Crippen LogP contribution in [0, 0.1) is 0 Å². The predicted octanol–water partition coefficient (Wildman–Crippen LogP) is 1.72. The molecule has 0 fully saturated rings. The molecule has 2 aromatic rings. The van der Waals surface area contributed by atoms with Gasteiger partial charge in [-0.3, -0.25) is 0 Å². The quantitative estimate of drug-likeness (QED) is 0.631. The van der Waals surface area contributed by atoms with Gasteiger partial charge in [0.15, 0.2) is 5.65 Å². The topological polar surface area (TPSA) is 51.6 Å². The van der Waals surface area contributed by atoms with Gasteiger partial charge >= 0.3 is 0 Å². The van der Waals surface area contributed by atoms with Crippen LogP contribution in [0.5, 0.6) is 0 Å². The molecule has 0 atom stereocenters. The summed E-state index contributed by atoms with van der Waals surface area (Å²) in [7, 11) is 0. The lowest BCUT2D eigenvalue weighted by Gasteiger charge is -2.16. The fourth-order valence-electron chi connectivity index (χ4n) is 1.14. The standard InChI is InChI=1S/C10H12N4/c1-10(2,3)8-5-12-9-7(14-8)4-11-6-13-9/h4-6H,1-3H3. The van der Waals surface area contributed by atoms with Crippen LogP contribution in [0.2, 0.25) is 0 Å². The highest BCUT2D eigenvalue weighted by Crippen LogP contribution is 2.20. The Morgan fingerprint density at radius 2 is 1.86 bits per heavy atom. The van der Waals surface area contributed by atoms with E-state index in [1.165, 1.54) is 6.33 Å². The average Bonchev–Trinajstić information content (AvgIpc) is 2.16. The molecule has 0 radical (unpaired) electrons. The zero-order valence-corrected chi connectivity index (χ0v) is 8.52. The molecule has 0 bridgehead atoms. The van der Waals surface area contributed by atoms with E-state index < -0.39 is 0 Å². The van der Waals surface area contributed by atoms with Gasteiger partial charge in [-0.1, -0.05) is 20.8 Å². The minimum Gasteiger partial charge on any atom is -0.246 e. The van der Waals surface area contributed by atoms with Gasteiger partial charge in [-0.05, 0) is 0 Å². The molecule has 14 heavy (non-hydrogen) atoms. The van der Waals surface area contributed by atoms with Gasteiger partial charge in [0, 0.05) is 5.41 Å². The van der Waals surface area contributed by atoms with Gasteiger partial charge in [0.25, 0.3) is 0 Å². The minimum atomic E-state index is 0.0109. The Morgan fingerprint density at radius 1 is 1.07 bits per heavy atom. The maximum absolute atomic E-state index is 4.46. The van der Waals surface area contributed by atoms with Crippen molar-refractivity contribution < 1.29 is 0 Å². The Morgan fingerprint density at radius 3 is 2.57 bits per heavy atom. The molecule has 0 spiro atoms. The average molecular weight is 188 g/mol. The Hall–Kier alpha value is -1.58. The lowest BCUT2D eigenvalue weighted by atomic mass is 9.93. The Labute approximate surface area is 82.5 Å². The summed E-state index contributed by atoms with van der Waals surface area (Å²) in [6.07, 6.45) is 4.94. The maximum atomic E-state index is 4.46. The second-order valence-corrected chi connectivity index (χ2v) is 4.24. The molecule has 2 rings (SSSR count). The van der Waals surface area contributed by atoms with E-state index in [1.54, 1.807) is 12.4 Å². The second kappa shape index (κ2) is 2.97.